The molecule has 1 heterocycles. The minimum absolute atomic E-state index is 0.0129. The number of rotatable bonds is 4. The molecule has 0 atom stereocenters. The highest BCUT2D eigenvalue weighted by atomic mass is 19.1. The summed E-state index contributed by atoms with van der Waals surface area (Å²) in [6.07, 6.45) is 3.96. The molecule has 0 N–H and O–H groups in total. The second-order valence-corrected chi connectivity index (χ2v) is 5.25. The van der Waals surface area contributed by atoms with Gasteiger partial charge in [0, 0.05) is 11.6 Å². The van der Waals surface area contributed by atoms with E-state index >= 15 is 0 Å². The van der Waals surface area contributed by atoms with E-state index in [9.17, 15) is 9.18 Å². The molecule has 0 spiro atoms. The van der Waals surface area contributed by atoms with Crippen LogP contribution in [0.1, 0.15) is 31.4 Å². The van der Waals surface area contributed by atoms with E-state index in [1.807, 2.05) is 0 Å². The van der Waals surface area contributed by atoms with Gasteiger partial charge in [-0.1, -0.05) is 30.1 Å². The molecule has 0 amide bonds. The number of halogens is 1. The van der Waals surface area contributed by atoms with Crippen LogP contribution in [0.15, 0.2) is 34.9 Å². The topological polar surface area (TPSA) is 52.3 Å². The first kappa shape index (κ1) is 13.8. The summed E-state index contributed by atoms with van der Waals surface area (Å²) in [5.74, 6) is -0.116. The van der Waals surface area contributed by atoms with Crippen LogP contribution in [0.2, 0.25) is 0 Å². The molecule has 1 saturated carbocycles. The van der Waals surface area contributed by atoms with E-state index in [1.54, 1.807) is 24.3 Å². The van der Waals surface area contributed by atoms with Gasteiger partial charge in [-0.15, -0.1) is 0 Å². The Morgan fingerprint density at radius 3 is 2.86 bits per heavy atom. The molecule has 4 nitrogen and oxygen atoms in total. The standard InChI is InChI=1S/C16H16FNO3/c17-14-8-4-3-7-13(14)15-9-12(21-18-15)10-20-16(19)11-5-1-2-6-11/h3-4,7-9,11H,1-2,5-6,10H2. The van der Waals surface area contributed by atoms with E-state index in [1.165, 1.54) is 6.07 Å². The van der Waals surface area contributed by atoms with Gasteiger partial charge in [-0.3, -0.25) is 4.79 Å². The van der Waals surface area contributed by atoms with E-state index in [2.05, 4.69) is 5.16 Å². The molecular formula is C16H16FNO3. The fourth-order valence-electron chi connectivity index (χ4n) is 2.60. The van der Waals surface area contributed by atoms with E-state index in [-0.39, 0.29) is 24.3 Å². The Morgan fingerprint density at radius 2 is 2.10 bits per heavy atom. The molecule has 0 aliphatic heterocycles. The van der Waals surface area contributed by atoms with Crippen molar-refractivity contribution in [2.24, 2.45) is 5.92 Å². The molecule has 0 unspecified atom stereocenters. The SMILES string of the molecule is O=C(OCc1cc(-c2ccccc2F)no1)C1CCCC1. The normalized spacial score (nSPS) is 15.3. The first-order chi connectivity index (χ1) is 10.2. The lowest BCUT2D eigenvalue weighted by Gasteiger charge is -2.07. The Kier molecular flexibility index (Phi) is 3.99. The Bertz CT molecular complexity index is 632. The van der Waals surface area contributed by atoms with Crippen LogP contribution < -0.4 is 0 Å². The Morgan fingerprint density at radius 1 is 1.33 bits per heavy atom. The van der Waals surface area contributed by atoms with Gasteiger partial charge in [-0.2, -0.15) is 0 Å². The minimum atomic E-state index is -0.361. The van der Waals surface area contributed by atoms with Gasteiger partial charge in [-0.05, 0) is 25.0 Å². The van der Waals surface area contributed by atoms with Gasteiger partial charge in [0.1, 0.15) is 11.5 Å². The second kappa shape index (κ2) is 6.08. The zero-order valence-electron chi connectivity index (χ0n) is 11.5. The number of carbonyl (C=O) groups is 1. The van der Waals surface area contributed by atoms with Gasteiger partial charge in [0.05, 0.1) is 5.92 Å². The van der Waals surface area contributed by atoms with Gasteiger partial charge in [0.25, 0.3) is 0 Å². The van der Waals surface area contributed by atoms with Gasteiger partial charge < -0.3 is 9.26 Å². The third-order valence-corrected chi connectivity index (χ3v) is 3.75. The van der Waals surface area contributed by atoms with Crippen LogP contribution >= 0.6 is 0 Å². The number of benzene rings is 1. The van der Waals surface area contributed by atoms with Gasteiger partial charge >= 0.3 is 5.97 Å². The zero-order chi connectivity index (χ0) is 14.7. The summed E-state index contributed by atoms with van der Waals surface area (Å²) in [4.78, 5) is 11.8. The molecule has 1 aromatic carbocycles. The summed E-state index contributed by atoms with van der Waals surface area (Å²) in [6, 6.07) is 7.93. The van der Waals surface area contributed by atoms with Crippen molar-refractivity contribution in [1.29, 1.82) is 0 Å². The highest BCUT2D eigenvalue weighted by Crippen LogP contribution is 2.26. The molecule has 1 fully saturated rings. The maximum absolute atomic E-state index is 13.6. The summed E-state index contributed by atoms with van der Waals surface area (Å²) in [5, 5.41) is 3.82. The first-order valence-electron chi connectivity index (χ1n) is 7.11. The van der Waals surface area contributed by atoms with Crippen LogP contribution in [-0.4, -0.2) is 11.1 Å². The van der Waals surface area contributed by atoms with Crippen molar-refractivity contribution in [3.05, 3.63) is 41.9 Å². The third kappa shape index (κ3) is 3.12. The third-order valence-electron chi connectivity index (χ3n) is 3.75. The molecule has 5 heteroatoms. The maximum atomic E-state index is 13.6. The Balaban J connectivity index is 1.63. The van der Waals surface area contributed by atoms with Crippen molar-refractivity contribution >= 4 is 5.97 Å². The Hall–Kier alpha value is -2.17. The molecule has 1 aliphatic rings. The highest BCUT2D eigenvalue weighted by molar-refractivity contribution is 5.72. The lowest BCUT2D eigenvalue weighted by atomic mass is 10.1. The molecule has 1 aromatic heterocycles. The number of ether oxygens (including phenoxy) is 1. The fourth-order valence-corrected chi connectivity index (χ4v) is 2.60. The lowest BCUT2D eigenvalue weighted by Crippen LogP contribution is -2.14. The van der Waals surface area contributed by atoms with Crippen molar-refractivity contribution in [2.45, 2.75) is 32.3 Å². The molecule has 21 heavy (non-hydrogen) atoms. The van der Waals surface area contributed by atoms with E-state index in [0.29, 0.717) is 17.0 Å². The number of hydrogen-bond donors (Lipinski definition) is 0. The van der Waals surface area contributed by atoms with Crippen LogP contribution in [0.3, 0.4) is 0 Å². The molecule has 3 rings (SSSR count). The summed E-state index contributed by atoms with van der Waals surface area (Å²) in [7, 11) is 0. The van der Waals surface area contributed by atoms with Crippen LogP contribution in [0.4, 0.5) is 4.39 Å². The average molecular weight is 289 g/mol. The Labute approximate surface area is 121 Å². The van der Waals surface area contributed by atoms with Crippen LogP contribution in [-0.2, 0) is 16.1 Å². The van der Waals surface area contributed by atoms with Crippen molar-refractivity contribution in [3.63, 3.8) is 0 Å². The quantitative estimate of drug-likeness (QED) is 0.805. The number of esters is 1. The molecule has 0 saturated heterocycles. The van der Waals surface area contributed by atoms with Crippen molar-refractivity contribution in [3.8, 4) is 11.3 Å². The fraction of sp³-hybridized carbons (Fsp3) is 0.375. The van der Waals surface area contributed by atoms with Gasteiger partial charge in [0.15, 0.2) is 12.4 Å². The predicted molar refractivity (Wildman–Crippen MR) is 73.7 cm³/mol. The monoisotopic (exact) mass is 289 g/mol. The summed E-state index contributed by atoms with van der Waals surface area (Å²) < 4.78 is 24.0. The van der Waals surface area contributed by atoms with E-state index < -0.39 is 0 Å². The lowest BCUT2D eigenvalue weighted by molar-refractivity contribution is -0.150. The highest BCUT2D eigenvalue weighted by Gasteiger charge is 2.24. The summed E-state index contributed by atoms with van der Waals surface area (Å²) in [5.41, 5.74) is 0.773. The molecule has 2 aromatic rings. The molecule has 0 radical (unpaired) electrons. The minimum Gasteiger partial charge on any atom is -0.457 e. The number of hydrogen-bond acceptors (Lipinski definition) is 4. The number of nitrogens with zero attached hydrogens (tertiary/aromatic N) is 1. The van der Waals surface area contributed by atoms with E-state index in [0.717, 1.165) is 25.7 Å². The summed E-state index contributed by atoms with van der Waals surface area (Å²) in [6.45, 7) is 0.0385. The average Bonchev–Trinajstić information content (AvgIpc) is 3.17. The number of aromatic nitrogens is 1. The zero-order valence-corrected chi connectivity index (χ0v) is 11.5. The molecule has 110 valence electrons. The first-order valence-corrected chi connectivity index (χ1v) is 7.11. The molecule has 1 aliphatic carbocycles. The summed E-state index contributed by atoms with van der Waals surface area (Å²) >= 11 is 0. The van der Waals surface area contributed by atoms with Crippen LogP contribution in [0.5, 0.6) is 0 Å². The second-order valence-electron chi connectivity index (χ2n) is 5.25. The molecule has 0 bridgehead atoms. The van der Waals surface area contributed by atoms with Gasteiger partial charge in [0.2, 0.25) is 0 Å². The largest absolute Gasteiger partial charge is 0.457 e. The predicted octanol–water partition coefficient (Wildman–Crippen LogP) is 3.71. The van der Waals surface area contributed by atoms with Gasteiger partial charge in [-0.25, -0.2) is 4.39 Å². The van der Waals surface area contributed by atoms with Crippen LogP contribution in [0, 0.1) is 11.7 Å². The van der Waals surface area contributed by atoms with Crippen molar-refractivity contribution in [1.82, 2.24) is 5.16 Å². The van der Waals surface area contributed by atoms with Crippen molar-refractivity contribution in [2.75, 3.05) is 0 Å². The van der Waals surface area contributed by atoms with E-state index in [4.69, 9.17) is 9.26 Å². The molecular weight excluding hydrogens is 273 g/mol. The maximum Gasteiger partial charge on any atom is 0.309 e. The number of carbonyl (C=O) groups excluding carboxylic acids is 1. The van der Waals surface area contributed by atoms with Crippen molar-refractivity contribution < 1.29 is 18.4 Å². The van der Waals surface area contributed by atoms with Crippen LogP contribution in [0.25, 0.3) is 11.3 Å². The smallest absolute Gasteiger partial charge is 0.309 e.